The van der Waals surface area contributed by atoms with Crippen LogP contribution in [0.3, 0.4) is 0 Å². The van der Waals surface area contributed by atoms with Crippen molar-refractivity contribution in [3.8, 4) is 0 Å². The molecule has 0 aromatic carbocycles. The first-order valence-corrected chi connectivity index (χ1v) is 6.18. The van der Waals surface area contributed by atoms with Gasteiger partial charge in [-0.3, -0.25) is 0 Å². The molecule has 84 valence electrons. The minimum atomic E-state index is 0.828. The molecule has 1 fully saturated rings. The quantitative estimate of drug-likeness (QED) is 0.708. The topological polar surface area (TPSA) is 29.3 Å². The van der Waals surface area contributed by atoms with Crippen molar-refractivity contribution in [2.24, 2.45) is 17.6 Å². The summed E-state index contributed by atoms with van der Waals surface area (Å²) >= 11 is 0. The van der Waals surface area contributed by atoms with Crippen LogP contribution in [0, 0.1) is 11.8 Å². The van der Waals surface area contributed by atoms with Crippen LogP contribution in [0.1, 0.15) is 39.5 Å². The zero-order valence-corrected chi connectivity index (χ0v) is 9.84. The molecule has 0 spiro atoms. The lowest BCUT2D eigenvalue weighted by Gasteiger charge is -2.20. The Bertz CT molecular complexity index is 147. The fourth-order valence-corrected chi connectivity index (χ4v) is 2.41. The molecule has 0 radical (unpaired) electrons. The number of nitrogens with two attached hydrogens (primary N) is 1. The van der Waals surface area contributed by atoms with Crippen LogP contribution >= 0.6 is 0 Å². The van der Waals surface area contributed by atoms with Crippen molar-refractivity contribution < 1.29 is 0 Å². The zero-order chi connectivity index (χ0) is 10.4. The molecule has 2 atom stereocenters. The predicted octanol–water partition coefficient (Wildman–Crippen LogP) is 2.09. The lowest BCUT2D eigenvalue weighted by molar-refractivity contribution is 0.268. The van der Waals surface area contributed by atoms with Gasteiger partial charge in [-0.25, -0.2) is 0 Å². The van der Waals surface area contributed by atoms with Crippen LogP contribution in [-0.2, 0) is 0 Å². The SMILES string of the molecule is CCC1CCN(CC(C)CCCN)C1. The Balaban J connectivity index is 2.12. The van der Waals surface area contributed by atoms with Crippen molar-refractivity contribution in [2.75, 3.05) is 26.2 Å². The summed E-state index contributed by atoms with van der Waals surface area (Å²) in [6.45, 7) is 9.47. The van der Waals surface area contributed by atoms with E-state index < -0.39 is 0 Å². The van der Waals surface area contributed by atoms with Gasteiger partial charge in [0.1, 0.15) is 0 Å². The van der Waals surface area contributed by atoms with E-state index in [-0.39, 0.29) is 0 Å². The Kier molecular flexibility index (Phi) is 5.49. The van der Waals surface area contributed by atoms with Crippen LogP contribution in [0.4, 0.5) is 0 Å². The van der Waals surface area contributed by atoms with E-state index in [1.54, 1.807) is 0 Å². The lowest BCUT2D eigenvalue weighted by atomic mass is 10.0. The molecule has 1 aliphatic rings. The molecule has 1 rings (SSSR count). The van der Waals surface area contributed by atoms with Crippen molar-refractivity contribution in [1.29, 1.82) is 0 Å². The first-order valence-electron chi connectivity index (χ1n) is 6.18. The van der Waals surface area contributed by atoms with Crippen molar-refractivity contribution >= 4 is 0 Å². The van der Waals surface area contributed by atoms with E-state index in [0.29, 0.717) is 0 Å². The molecule has 0 saturated carbocycles. The van der Waals surface area contributed by atoms with Gasteiger partial charge in [0.25, 0.3) is 0 Å². The monoisotopic (exact) mass is 198 g/mol. The molecule has 0 aliphatic carbocycles. The third-order valence-corrected chi connectivity index (χ3v) is 3.42. The third kappa shape index (κ3) is 3.97. The fraction of sp³-hybridized carbons (Fsp3) is 1.00. The summed E-state index contributed by atoms with van der Waals surface area (Å²) in [6, 6.07) is 0. The maximum Gasteiger partial charge on any atom is 0.00101 e. The lowest BCUT2D eigenvalue weighted by Crippen LogP contribution is -2.26. The van der Waals surface area contributed by atoms with Crippen molar-refractivity contribution in [2.45, 2.75) is 39.5 Å². The van der Waals surface area contributed by atoms with Gasteiger partial charge in [-0.2, -0.15) is 0 Å². The molecule has 2 nitrogen and oxygen atoms in total. The van der Waals surface area contributed by atoms with Crippen LogP contribution in [0.25, 0.3) is 0 Å². The van der Waals surface area contributed by atoms with Gasteiger partial charge in [-0.05, 0) is 44.2 Å². The van der Waals surface area contributed by atoms with Crippen LogP contribution in [0.5, 0.6) is 0 Å². The van der Waals surface area contributed by atoms with Gasteiger partial charge >= 0.3 is 0 Å². The minimum Gasteiger partial charge on any atom is -0.330 e. The first-order chi connectivity index (χ1) is 6.76. The maximum absolute atomic E-state index is 5.51. The summed E-state index contributed by atoms with van der Waals surface area (Å²) in [4.78, 5) is 2.63. The summed E-state index contributed by atoms with van der Waals surface area (Å²) in [7, 11) is 0. The van der Waals surface area contributed by atoms with Crippen molar-refractivity contribution in [1.82, 2.24) is 4.90 Å². The van der Waals surface area contributed by atoms with Gasteiger partial charge in [0, 0.05) is 13.1 Å². The third-order valence-electron chi connectivity index (χ3n) is 3.42. The fourth-order valence-electron chi connectivity index (χ4n) is 2.41. The van der Waals surface area contributed by atoms with Gasteiger partial charge in [0.2, 0.25) is 0 Å². The first kappa shape index (κ1) is 12.0. The highest BCUT2D eigenvalue weighted by Gasteiger charge is 2.21. The second-order valence-electron chi connectivity index (χ2n) is 4.86. The highest BCUT2D eigenvalue weighted by atomic mass is 15.1. The summed E-state index contributed by atoms with van der Waals surface area (Å²) in [6.07, 6.45) is 5.25. The Morgan fingerprint density at radius 1 is 1.50 bits per heavy atom. The Hall–Kier alpha value is -0.0800. The molecule has 1 saturated heterocycles. The summed E-state index contributed by atoms with van der Waals surface area (Å²) in [5.41, 5.74) is 5.51. The molecule has 1 aliphatic heterocycles. The van der Waals surface area contributed by atoms with Gasteiger partial charge in [0.05, 0.1) is 0 Å². The molecule has 2 heteroatoms. The van der Waals surface area contributed by atoms with Crippen LogP contribution in [0.2, 0.25) is 0 Å². The van der Waals surface area contributed by atoms with E-state index in [9.17, 15) is 0 Å². The molecule has 0 bridgehead atoms. The van der Waals surface area contributed by atoms with E-state index in [4.69, 9.17) is 5.73 Å². The predicted molar refractivity (Wildman–Crippen MR) is 62.3 cm³/mol. The number of nitrogens with zero attached hydrogens (tertiary/aromatic N) is 1. The zero-order valence-electron chi connectivity index (χ0n) is 9.84. The van der Waals surface area contributed by atoms with E-state index in [1.165, 1.54) is 45.3 Å². The highest BCUT2D eigenvalue weighted by molar-refractivity contribution is 4.75. The Morgan fingerprint density at radius 3 is 2.86 bits per heavy atom. The van der Waals surface area contributed by atoms with Gasteiger partial charge in [0.15, 0.2) is 0 Å². The maximum atomic E-state index is 5.51. The largest absolute Gasteiger partial charge is 0.330 e. The average molecular weight is 198 g/mol. The minimum absolute atomic E-state index is 0.828. The van der Waals surface area contributed by atoms with Gasteiger partial charge in [-0.15, -0.1) is 0 Å². The standard InChI is InChI=1S/C12H26N2/c1-3-12-6-8-14(10-12)9-11(2)5-4-7-13/h11-12H,3-10,13H2,1-2H3. The Labute approximate surface area is 88.8 Å². The average Bonchev–Trinajstić information content (AvgIpc) is 2.62. The second-order valence-corrected chi connectivity index (χ2v) is 4.86. The summed E-state index contributed by atoms with van der Waals surface area (Å²) < 4.78 is 0. The molecule has 14 heavy (non-hydrogen) atoms. The number of hydrogen-bond acceptors (Lipinski definition) is 2. The molecular weight excluding hydrogens is 172 g/mol. The van der Waals surface area contributed by atoms with E-state index in [1.807, 2.05) is 0 Å². The summed E-state index contributed by atoms with van der Waals surface area (Å²) in [5.74, 6) is 1.80. The van der Waals surface area contributed by atoms with E-state index in [0.717, 1.165) is 18.4 Å². The molecule has 0 amide bonds. The summed E-state index contributed by atoms with van der Waals surface area (Å²) in [5, 5.41) is 0. The molecule has 0 aromatic rings. The normalized spacial score (nSPS) is 25.5. The molecule has 1 heterocycles. The molecule has 0 aromatic heterocycles. The van der Waals surface area contributed by atoms with Crippen LogP contribution in [-0.4, -0.2) is 31.1 Å². The molecule has 2 N–H and O–H groups in total. The number of hydrogen-bond donors (Lipinski definition) is 1. The van der Waals surface area contributed by atoms with E-state index in [2.05, 4.69) is 18.7 Å². The molecule has 2 unspecified atom stereocenters. The van der Waals surface area contributed by atoms with Crippen molar-refractivity contribution in [3.63, 3.8) is 0 Å². The van der Waals surface area contributed by atoms with Crippen molar-refractivity contribution in [3.05, 3.63) is 0 Å². The smallest absolute Gasteiger partial charge is 0.00101 e. The van der Waals surface area contributed by atoms with Crippen LogP contribution < -0.4 is 5.73 Å². The second kappa shape index (κ2) is 6.41. The Morgan fingerprint density at radius 2 is 2.29 bits per heavy atom. The molecular formula is C12H26N2. The van der Waals surface area contributed by atoms with Gasteiger partial charge < -0.3 is 10.6 Å². The highest BCUT2D eigenvalue weighted by Crippen LogP contribution is 2.20. The number of likely N-dealkylation sites (tertiary alicyclic amines) is 1. The van der Waals surface area contributed by atoms with Gasteiger partial charge in [-0.1, -0.05) is 20.3 Å². The van der Waals surface area contributed by atoms with Crippen LogP contribution in [0.15, 0.2) is 0 Å². The number of rotatable bonds is 6. The van der Waals surface area contributed by atoms with E-state index >= 15 is 0 Å².